The van der Waals surface area contributed by atoms with Crippen LogP contribution in [0.25, 0.3) is 0 Å². The summed E-state index contributed by atoms with van der Waals surface area (Å²) in [7, 11) is 0. The third-order valence-electron chi connectivity index (χ3n) is 1.00. The second-order valence-electron chi connectivity index (χ2n) is 1.93. The molecule has 0 saturated heterocycles. The van der Waals surface area contributed by atoms with Gasteiger partial charge in [0.25, 0.3) is 0 Å². The van der Waals surface area contributed by atoms with Crippen LogP contribution < -0.4 is 0 Å². The van der Waals surface area contributed by atoms with Crippen LogP contribution in [-0.4, -0.2) is 36.9 Å². The lowest BCUT2D eigenvalue weighted by molar-refractivity contribution is -0.150. The summed E-state index contributed by atoms with van der Waals surface area (Å²) in [5.41, 5.74) is 0. The summed E-state index contributed by atoms with van der Waals surface area (Å²) in [6.07, 6.45) is 0.0274. The summed E-state index contributed by atoms with van der Waals surface area (Å²) < 4.78 is 8.98. The van der Waals surface area contributed by atoms with Crippen LogP contribution in [0.2, 0.25) is 0 Å². The minimum absolute atomic E-state index is 0.0274. The topological polar surface area (TPSA) is 72.8 Å². The van der Waals surface area contributed by atoms with Crippen LogP contribution in [0.1, 0.15) is 13.3 Å². The molecule has 0 radical (unpaired) electrons. The van der Waals surface area contributed by atoms with E-state index in [0.717, 1.165) is 0 Å². The predicted octanol–water partition coefficient (Wildman–Crippen LogP) is -0.525. The summed E-state index contributed by atoms with van der Waals surface area (Å²) >= 11 is 0. The van der Waals surface area contributed by atoms with Gasteiger partial charge in [0, 0.05) is 0 Å². The molecule has 0 aromatic carbocycles. The SMILES string of the molecule is CCOC(=O)CCOC(=O)CO. The molecule has 0 amide bonds. The van der Waals surface area contributed by atoms with Crippen molar-refractivity contribution in [1.82, 2.24) is 0 Å². The van der Waals surface area contributed by atoms with Crippen molar-refractivity contribution in [1.29, 1.82) is 0 Å². The van der Waals surface area contributed by atoms with Gasteiger partial charge in [0.1, 0.15) is 13.2 Å². The van der Waals surface area contributed by atoms with E-state index in [-0.39, 0.29) is 13.0 Å². The highest BCUT2D eigenvalue weighted by Gasteiger charge is 2.04. The Bertz CT molecular complexity index is 154. The van der Waals surface area contributed by atoms with Crippen molar-refractivity contribution < 1.29 is 24.2 Å². The van der Waals surface area contributed by atoms with E-state index in [4.69, 9.17) is 5.11 Å². The first-order chi connectivity index (χ1) is 5.70. The number of carbonyl (C=O) groups excluding carboxylic acids is 2. The molecule has 0 unspecified atom stereocenters. The molecular formula is C7H12O5. The quantitative estimate of drug-likeness (QED) is 0.570. The Morgan fingerprint density at radius 2 is 1.92 bits per heavy atom. The van der Waals surface area contributed by atoms with E-state index in [0.29, 0.717) is 6.61 Å². The minimum Gasteiger partial charge on any atom is -0.466 e. The number of rotatable bonds is 5. The molecule has 12 heavy (non-hydrogen) atoms. The van der Waals surface area contributed by atoms with Crippen LogP contribution >= 0.6 is 0 Å². The summed E-state index contributed by atoms with van der Waals surface area (Å²) in [5, 5.41) is 8.21. The molecule has 0 saturated carbocycles. The third-order valence-corrected chi connectivity index (χ3v) is 1.00. The van der Waals surface area contributed by atoms with Crippen molar-refractivity contribution >= 4 is 11.9 Å². The zero-order chi connectivity index (χ0) is 9.40. The third kappa shape index (κ3) is 5.67. The first-order valence-corrected chi connectivity index (χ1v) is 3.62. The number of esters is 2. The molecule has 0 heterocycles. The average molecular weight is 176 g/mol. The van der Waals surface area contributed by atoms with Gasteiger partial charge in [-0.15, -0.1) is 0 Å². The van der Waals surface area contributed by atoms with Crippen LogP contribution in [0.3, 0.4) is 0 Å². The Morgan fingerprint density at radius 3 is 2.42 bits per heavy atom. The maximum atomic E-state index is 10.6. The summed E-state index contributed by atoms with van der Waals surface area (Å²) in [5.74, 6) is -1.15. The van der Waals surface area contributed by atoms with Crippen molar-refractivity contribution in [2.24, 2.45) is 0 Å². The van der Waals surface area contributed by atoms with Crippen molar-refractivity contribution in [2.75, 3.05) is 19.8 Å². The number of hydrogen-bond acceptors (Lipinski definition) is 5. The fourth-order valence-electron chi connectivity index (χ4n) is 0.527. The molecule has 0 aliphatic carbocycles. The molecule has 0 aliphatic rings. The van der Waals surface area contributed by atoms with Gasteiger partial charge in [-0.3, -0.25) is 4.79 Å². The molecule has 0 aromatic rings. The van der Waals surface area contributed by atoms with Gasteiger partial charge in [0.2, 0.25) is 0 Å². The normalized spacial score (nSPS) is 9.17. The summed E-state index contributed by atoms with van der Waals surface area (Å²) in [6.45, 7) is 1.30. The number of ether oxygens (including phenoxy) is 2. The Hall–Kier alpha value is -1.10. The van der Waals surface area contributed by atoms with Crippen molar-refractivity contribution in [3.63, 3.8) is 0 Å². The van der Waals surface area contributed by atoms with Gasteiger partial charge in [-0.05, 0) is 6.92 Å². The lowest BCUT2D eigenvalue weighted by Crippen LogP contribution is -2.13. The molecule has 0 fully saturated rings. The van der Waals surface area contributed by atoms with E-state index in [2.05, 4.69) is 9.47 Å². The fourth-order valence-corrected chi connectivity index (χ4v) is 0.527. The van der Waals surface area contributed by atoms with Gasteiger partial charge in [-0.1, -0.05) is 0 Å². The lowest BCUT2D eigenvalue weighted by atomic mass is 10.5. The Labute approximate surface area is 70.3 Å². The number of aliphatic hydroxyl groups is 1. The maximum absolute atomic E-state index is 10.6. The van der Waals surface area contributed by atoms with E-state index >= 15 is 0 Å². The predicted molar refractivity (Wildman–Crippen MR) is 39.3 cm³/mol. The largest absolute Gasteiger partial charge is 0.466 e. The number of carbonyl (C=O) groups is 2. The van der Waals surface area contributed by atoms with E-state index in [9.17, 15) is 9.59 Å². The standard InChI is InChI=1S/C7H12O5/c1-2-11-6(9)3-4-12-7(10)5-8/h8H,2-5H2,1H3. The van der Waals surface area contributed by atoms with Crippen molar-refractivity contribution in [2.45, 2.75) is 13.3 Å². The molecule has 0 aromatic heterocycles. The van der Waals surface area contributed by atoms with E-state index < -0.39 is 18.5 Å². The first kappa shape index (κ1) is 10.9. The summed E-state index contributed by atoms with van der Waals surface area (Å²) in [6, 6.07) is 0. The average Bonchev–Trinajstić information content (AvgIpc) is 2.04. The van der Waals surface area contributed by atoms with Crippen molar-refractivity contribution in [3.05, 3.63) is 0 Å². The molecule has 70 valence electrons. The van der Waals surface area contributed by atoms with E-state index in [1.54, 1.807) is 6.92 Å². The van der Waals surface area contributed by atoms with Crippen LogP contribution in [0, 0.1) is 0 Å². The van der Waals surface area contributed by atoms with E-state index in [1.165, 1.54) is 0 Å². The molecule has 5 heteroatoms. The first-order valence-electron chi connectivity index (χ1n) is 3.62. The molecule has 0 spiro atoms. The monoisotopic (exact) mass is 176 g/mol. The van der Waals surface area contributed by atoms with Crippen LogP contribution in [0.15, 0.2) is 0 Å². The Kier molecular flexibility index (Phi) is 6.00. The maximum Gasteiger partial charge on any atom is 0.331 e. The van der Waals surface area contributed by atoms with Gasteiger partial charge < -0.3 is 14.6 Å². The number of aliphatic hydroxyl groups excluding tert-OH is 1. The Balaban J connectivity index is 3.30. The van der Waals surface area contributed by atoms with E-state index in [1.807, 2.05) is 0 Å². The zero-order valence-electron chi connectivity index (χ0n) is 6.91. The lowest BCUT2D eigenvalue weighted by Gasteiger charge is -2.02. The van der Waals surface area contributed by atoms with Gasteiger partial charge in [-0.25, -0.2) is 4.79 Å². The molecule has 0 aliphatic heterocycles. The highest BCUT2D eigenvalue weighted by Crippen LogP contribution is 1.88. The van der Waals surface area contributed by atoms with Crippen molar-refractivity contribution in [3.8, 4) is 0 Å². The van der Waals surface area contributed by atoms with Crippen LogP contribution in [0.5, 0.6) is 0 Å². The highest BCUT2D eigenvalue weighted by atomic mass is 16.6. The molecule has 5 nitrogen and oxygen atoms in total. The molecule has 0 bridgehead atoms. The second-order valence-corrected chi connectivity index (χ2v) is 1.93. The van der Waals surface area contributed by atoms with Gasteiger partial charge in [0.05, 0.1) is 13.0 Å². The fraction of sp³-hybridized carbons (Fsp3) is 0.714. The minimum atomic E-state index is -0.737. The molecule has 0 atom stereocenters. The van der Waals surface area contributed by atoms with Gasteiger partial charge in [-0.2, -0.15) is 0 Å². The Morgan fingerprint density at radius 1 is 1.25 bits per heavy atom. The van der Waals surface area contributed by atoms with Gasteiger partial charge >= 0.3 is 11.9 Å². The van der Waals surface area contributed by atoms with Crippen LogP contribution in [-0.2, 0) is 19.1 Å². The molecular weight excluding hydrogens is 164 g/mol. The second kappa shape index (κ2) is 6.60. The highest BCUT2D eigenvalue weighted by molar-refractivity contribution is 5.72. The van der Waals surface area contributed by atoms with Crippen LogP contribution in [0.4, 0.5) is 0 Å². The smallest absolute Gasteiger partial charge is 0.331 e. The summed E-state index contributed by atoms with van der Waals surface area (Å²) in [4.78, 5) is 21.0. The zero-order valence-corrected chi connectivity index (χ0v) is 6.91. The molecule has 0 rings (SSSR count). The number of hydrogen-bond donors (Lipinski definition) is 1. The van der Waals surface area contributed by atoms with Gasteiger partial charge in [0.15, 0.2) is 0 Å². The molecule has 1 N–H and O–H groups in total.